The minimum absolute atomic E-state index is 0.0966. The second kappa shape index (κ2) is 4.23. The molecule has 0 aliphatic carbocycles. The molecule has 0 bridgehead atoms. The van der Waals surface area contributed by atoms with E-state index in [-0.39, 0.29) is 18.2 Å². The Morgan fingerprint density at radius 2 is 2.06 bits per heavy atom. The number of carbonyl (C=O) groups excluding carboxylic acids is 2. The number of nitrogens with zero attached hydrogens (tertiary/aromatic N) is 1. The molecule has 5 heteroatoms. The molecular formula is C11H17NO4. The average molecular weight is 227 g/mol. The van der Waals surface area contributed by atoms with Gasteiger partial charge in [-0.1, -0.05) is 27.2 Å². The Kier molecular flexibility index (Phi) is 3.35. The number of carboxylic acids is 1. The molecule has 1 rings (SSSR count). The maximum absolute atomic E-state index is 11.9. The second-order valence-corrected chi connectivity index (χ2v) is 4.77. The first-order valence-corrected chi connectivity index (χ1v) is 5.40. The zero-order chi connectivity index (χ0) is 12.5. The molecule has 1 aliphatic heterocycles. The Balaban J connectivity index is 2.98. The molecule has 5 nitrogen and oxygen atoms in total. The molecule has 1 saturated heterocycles. The first-order chi connectivity index (χ1) is 7.31. The van der Waals surface area contributed by atoms with Crippen LogP contribution in [-0.2, 0) is 14.4 Å². The van der Waals surface area contributed by atoms with Crippen molar-refractivity contribution in [2.75, 3.05) is 0 Å². The highest BCUT2D eigenvalue weighted by Gasteiger charge is 2.49. The van der Waals surface area contributed by atoms with Gasteiger partial charge in [-0.3, -0.25) is 14.5 Å². The van der Waals surface area contributed by atoms with Crippen LogP contribution in [0.5, 0.6) is 0 Å². The number of hydrogen-bond donors (Lipinski definition) is 1. The lowest BCUT2D eigenvalue weighted by Gasteiger charge is -2.23. The fourth-order valence-corrected chi connectivity index (χ4v) is 1.93. The number of aliphatic carboxylic acids is 1. The number of hydrogen-bond acceptors (Lipinski definition) is 3. The van der Waals surface area contributed by atoms with Gasteiger partial charge in [-0.2, -0.15) is 0 Å². The van der Waals surface area contributed by atoms with Crippen LogP contribution in [0.25, 0.3) is 0 Å². The van der Waals surface area contributed by atoms with Crippen molar-refractivity contribution in [3.05, 3.63) is 0 Å². The van der Waals surface area contributed by atoms with Crippen LogP contribution in [0.1, 0.15) is 40.0 Å². The minimum Gasteiger partial charge on any atom is -0.480 e. The van der Waals surface area contributed by atoms with Gasteiger partial charge in [0.1, 0.15) is 6.04 Å². The summed E-state index contributed by atoms with van der Waals surface area (Å²) in [5.74, 6) is -1.87. The second-order valence-electron chi connectivity index (χ2n) is 4.77. The molecule has 1 fully saturated rings. The molecule has 90 valence electrons. The SMILES string of the molecule is CCCC(C(=O)O)N1C(=O)CC(C)(C)C1=O. The van der Waals surface area contributed by atoms with Crippen molar-refractivity contribution in [1.82, 2.24) is 4.90 Å². The quantitative estimate of drug-likeness (QED) is 0.728. The summed E-state index contributed by atoms with van der Waals surface area (Å²) in [5, 5.41) is 9.02. The number of carboxylic acid groups (broad SMARTS) is 1. The van der Waals surface area contributed by atoms with E-state index in [0.717, 1.165) is 4.90 Å². The standard InChI is InChI=1S/C11H17NO4/c1-4-5-7(9(14)15)12-8(13)6-11(2,3)10(12)16/h7H,4-6H2,1-3H3,(H,14,15). The Hall–Kier alpha value is -1.39. The molecule has 16 heavy (non-hydrogen) atoms. The van der Waals surface area contributed by atoms with Gasteiger partial charge < -0.3 is 5.11 Å². The van der Waals surface area contributed by atoms with Crippen LogP contribution in [0.15, 0.2) is 0 Å². The van der Waals surface area contributed by atoms with Crippen LogP contribution in [0.4, 0.5) is 0 Å². The number of imide groups is 1. The molecule has 0 aromatic carbocycles. The van der Waals surface area contributed by atoms with Crippen molar-refractivity contribution < 1.29 is 19.5 Å². The zero-order valence-corrected chi connectivity index (χ0v) is 9.82. The smallest absolute Gasteiger partial charge is 0.326 e. The van der Waals surface area contributed by atoms with E-state index in [4.69, 9.17) is 5.11 Å². The van der Waals surface area contributed by atoms with Crippen LogP contribution in [0, 0.1) is 5.41 Å². The van der Waals surface area contributed by atoms with Gasteiger partial charge in [-0.25, -0.2) is 4.79 Å². The molecule has 0 aromatic rings. The van der Waals surface area contributed by atoms with E-state index in [1.807, 2.05) is 6.92 Å². The van der Waals surface area contributed by atoms with Crippen molar-refractivity contribution in [3.8, 4) is 0 Å². The number of rotatable bonds is 4. The molecule has 2 amide bonds. The summed E-state index contributed by atoms with van der Waals surface area (Å²) in [6.07, 6.45) is 1.02. The van der Waals surface area contributed by atoms with Crippen molar-refractivity contribution in [1.29, 1.82) is 0 Å². The number of likely N-dealkylation sites (tertiary alicyclic amines) is 1. The normalized spacial score (nSPS) is 21.3. The summed E-state index contributed by atoms with van der Waals surface area (Å²) in [7, 11) is 0. The Bertz CT molecular complexity index is 335. The highest BCUT2D eigenvalue weighted by molar-refractivity contribution is 6.07. The van der Waals surface area contributed by atoms with Crippen molar-refractivity contribution in [2.24, 2.45) is 5.41 Å². The molecule has 0 saturated carbocycles. The van der Waals surface area contributed by atoms with E-state index in [9.17, 15) is 14.4 Å². The Labute approximate surface area is 94.4 Å². The third kappa shape index (κ3) is 2.08. The average Bonchev–Trinajstić information content (AvgIpc) is 2.33. The minimum atomic E-state index is -1.11. The van der Waals surface area contributed by atoms with Gasteiger partial charge in [-0.15, -0.1) is 0 Å². The van der Waals surface area contributed by atoms with Gasteiger partial charge in [0.25, 0.3) is 0 Å². The van der Waals surface area contributed by atoms with Crippen molar-refractivity contribution in [3.63, 3.8) is 0 Å². The van der Waals surface area contributed by atoms with Gasteiger partial charge in [0, 0.05) is 6.42 Å². The van der Waals surface area contributed by atoms with Crippen molar-refractivity contribution in [2.45, 2.75) is 46.1 Å². The van der Waals surface area contributed by atoms with E-state index in [0.29, 0.717) is 12.8 Å². The van der Waals surface area contributed by atoms with Gasteiger partial charge in [-0.05, 0) is 6.42 Å². The summed E-state index contributed by atoms with van der Waals surface area (Å²) in [5.41, 5.74) is -0.765. The van der Waals surface area contributed by atoms with Crippen LogP contribution in [0.2, 0.25) is 0 Å². The van der Waals surface area contributed by atoms with Crippen LogP contribution >= 0.6 is 0 Å². The fourth-order valence-electron chi connectivity index (χ4n) is 1.93. The summed E-state index contributed by atoms with van der Waals surface area (Å²) in [6.45, 7) is 5.16. The lowest BCUT2D eigenvalue weighted by atomic mass is 9.92. The van der Waals surface area contributed by atoms with E-state index >= 15 is 0 Å². The van der Waals surface area contributed by atoms with E-state index in [2.05, 4.69) is 0 Å². The summed E-state index contributed by atoms with van der Waals surface area (Å²) in [4.78, 5) is 35.5. The van der Waals surface area contributed by atoms with E-state index in [1.165, 1.54) is 0 Å². The molecule has 1 heterocycles. The van der Waals surface area contributed by atoms with Gasteiger partial charge in [0.05, 0.1) is 5.41 Å². The maximum atomic E-state index is 11.9. The molecule has 1 atom stereocenters. The van der Waals surface area contributed by atoms with Gasteiger partial charge >= 0.3 is 5.97 Å². The van der Waals surface area contributed by atoms with E-state index < -0.39 is 17.4 Å². The molecule has 0 spiro atoms. The highest BCUT2D eigenvalue weighted by atomic mass is 16.4. The highest BCUT2D eigenvalue weighted by Crippen LogP contribution is 2.33. The first kappa shape index (κ1) is 12.7. The summed E-state index contributed by atoms with van der Waals surface area (Å²) >= 11 is 0. The summed E-state index contributed by atoms with van der Waals surface area (Å²) in [6, 6.07) is -1.01. The predicted molar refractivity (Wildman–Crippen MR) is 56.6 cm³/mol. The third-order valence-electron chi connectivity index (χ3n) is 2.82. The van der Waals surface area contributed by atoms with Gasteiger partial charge in [0.2, 0.25) is 11.8 Å². The molecule has 1 unspecified atom stereocenters. The molecule has 0 radical (unpaired) electrons. The monoisotopic (exact) mass is 227 g/mol. The number of amides is 2. The van der Waals surface area contributed by atoms with Crippen LogP contribution in [-0.4, -0.2) is 33.8 Å². The molecule has 1 aliphatic rings. The van der Waals surface area contributed by atoms with Gasteiger partial charge in [0.15, 0.2) is 0 Å². The fraction of sp³-hybridized carbons (Fsp3) is 0.727. The zero-order valence-electron chi connectivity index (χ0n) is 9.82. The topological polar surface area (TPSA) is 74.7 Å². The van der Waals surface area contributed by atoms with Crippen molar-refractivity contribution >= 4 is 17.8 Å². The molecule has 0 aromatic heterocycles. The number of carbonyl (C=O) groups is 3. The summed E-state index contributed by atoms with van der Waals surface area (Å²) < 4.78 is 0. The van der Waals surface area contributed by atoms with Crippen LogP contribution in [0.3, 0.4) is 0 Å². The lowest BCUT2D eigenvalue weighted by Crippen LogP contribution is -2.46. The Morgan fingerprint density at radius 1 is 1.50 bits per heavy atom. The first-order valence-electron chi connectivity index (χ1n) is 5.40. The molecule has 1 N–H and O–H groups in total. The van der Waals surface area contributed by atoms with Crippen LogP contribution < -0.4 is 0 Å². The third-order valence-corrected chi connectivity index (χ3v) is 2.82. The maximum Gasteiger partial charge on any atom is 0.326 e. The largest absolute Gasteiger partial charge is 0.480 e. The van der Waals surface area contributed by atoms with E-state index in [1.54, 1.807) is 13.8 Å². The Morgan fingerprint density at radius 3 is 2.38 bits per heavy atom. The predicted octanol–water partition coefficient (Wildman–Crippen LogP) is 1.02. The molecular weight excluding hydrogens is 210 g/mol. The lowest BCUT2D eigenvalue weighted by molar-refractivity contribution is -0.155.